The maximum Gasteiger partial charge on any atom is 0.261 e. The van der Waals surface area contributed by atoms with Crippen LogP contribution in [-0.2, 0) is 10.0 Å². The Labute approximate surface area is 145 Å². The predicted molar refractivity (Wildman–Crippen MR) is 101 cm³/mol. The number of benzene rings is 2. The largest absolute Gasteiger partial charge is 0.375 e. The minimum atomic E-state index is -3.56. The molecule has 0 aliphatic rings. The molecule has 0 unspecified atom stereocenters. The van der Waals surface area contributed by atoms with Gasteiger partial charge in [0.2, 0.25) is 0 Å². The van der Waals surface area contributed by atoms with Crippen molar-refractivity contribution in [1.82, 2.24) is 0 Å². The summed E-state index contributed by atoms with van der Waals surface area (Å²) < 4.78 is 27.7. The fourth-order valence-corrected chi connectivity index (χ4v) is 3.55. The van der Waals surface area contributed by atoms with Crippen molar-refractivity contribution in [3.8, 4) is 0 Å². The van der Waals surface area contributed by atoms with Crippen LogP contribution in [0.3, 0.4) is 0 Å². The first kappa shape index (κ1) is 18.3. The van der Waals surface area contributed by atoms with Crippen LogP contribution in [0.4, 0.5) is 11.4 Å². The van der Waals surface area contributed by atoms with E-state index >= 15 is 0 Å². The van der Waals surface area contributed by atoms with E-state index in [4.69, 9.17) is 0 Å². The highest BCUT2D eigenvalue weighted by Gasteiger charge is 2.15. The smallest absolute Gasteiger partial charge is 0.261 e. The van der Waals surface area contributed by atoms with Crippen molar-refractivity contribution >= 4 is 21.4 Å². The van der Waals surface area contributed by atoms with E-state index in [1.165, 1.54) is 0 Å². The highest BCUT2D eigenvalue weighted by Crippen LogP contribution is 2.21. The summed E-state index contributed by atoms with van der Waals surface area (Å²) in [5.74, 6) is 0. The Kier molecular flexibility index (Phi) is 5.89. The molecule has 0 saturated heterocycles. The molecule has 130 valence electrons. The van der Waals surface area contributed by atoms with Crippen LogP contribution >= 0.6 is 0 Å². The molecule has 2 aromatic carbocycles. The van der Waals surface area contributed by atoms with Crippen molar-refractivity contribution in [3.63, 3.8) is 0 Å². The lowest BCUT2D eigenvalue weighted by Crippen LogP contribution is -2.18. The Bertz CT molecular complexity index is 784. The molecular weight excluding hydrogens is 320 g/mol. The van der Waals surface area contributed by atoms with Gasteiger partial charge in [-0.1, -0.05) is 19.4 Å². The van der Waals surface area contributed by atoms with Crippen LogP contribution in [0, 0.1) is 13.8 Å². The van der Waals surface area contributed by atoms with Gasteiger partial charge in [-0.15, -0.1) is 0 Å². The van der Waals surface area contributed by atoms with E-state index in [0.29, 0.717) is 5.69 Å². The summed E-state index contributed by atoms with van der Waals surface area (Å²) in [6.07, 6.45) is 2.29. The molecule has 0 aromatic heterocycles. The molecule has 4 nitrogen and oxygen atoms in total. The number of hydrogen-bond donors (Lipinski definition) is 1. The average Bonchev–Trinajstić information content (AvgIpc) is 2.55. The lowest BCUT2D eigenvalue weighted by molar-refractivity contribution is 0.601. The highest BCUT2D eigenvalue weighted by molar-refractivity contribution is 7.92. The Morgan fingerprint density at radius 2 is 1.67 bits per heavy atom. The SMILES string of the molecule is CCCCN(C)c1ccc(NS(=O)(=O)c2ccc(C)c(C)c2)cc1. The summed E-state index contributed by atoms with van der Waals surface area (Å²) in [7, 11) is -1.52. The van der Waals surface area contributed by atoms with Crippen LogP contribution in [0.2, 0.25) is 0 Å². The maximum atomic E-state index is 12.5. The second-order valence-corrected chi connectivity index (χ2v) is 7.86. The molecule has 0 radical (unpaired) electrons. The third kappa shape index (κ3) is 4.51. The summed E-state index contributed by atoms with van der Waals surface area (Å²) >= 11 is 0. The van der Waals surface area contributed by atoms with E-state index in [1.54, 1.807) is 24.3 Å². The first-order chi connectivity index (χ1) is 11.3. The number of nitrogens with zero attached hydrogens (tertiary/aromatic N) is 1. The lowest BCUT2D eigenvalue weighted by Gasteiger charge is -2.19. The zero-order chi connectivity index (χ0) is 17.7. The zero-order valence-electron chi connectivity index (χ0n) is 14.8. The molecule has 0 amide bonds. The fourth-order valence-electron chi connectivity index (χ4n) is 2.40. The monoisotopic (exact) mass is 346 g/mol. The third-order valence-corrected chi connectivity index (χ3v) is 5.58. The minimum Gasteiger partial charge on any atom is -0.375 e. The molecule has 0 spiro atoms. The van der Waals surface area contributed by atoms with E-state index < -0.39 is 10.0 Å². The van der Waals surface area contributed by atoms with Crippen molar-refractivity contribution in [3.05, 3.63) is 53.6 Å². The number of aryl methyl sites for hydroxylation is 2. The normalized spacial score (nSPS) is 11.3. The molecule has 24 heavy (non-hydrogen) atoms. The zero-order valence-corrected chi connectivity index (χ0v) is 15.7. The van der Waals surface area contributed by atoms with Crippen molar-refractivity contribution in [2.75, 3.05) is 23.2 Å². The van der Waals surface area contributed by atoms with Gasteiger partial charge in [0.25, 0.3) is 10.0 Å². The van der Waals surface area contributed by atoms with Crippen LogP contribution in [0.1, 0.15) is 30.9 Å². The molecule has 0 fully saturated rings. The van der Waals surface area contributed by atoms with Crippen molar-refractivity contribution < 1.29 is 8.42 Å². The molecule has 1 N–H and O–H groups in total. The van der Waals surface area contributed by atoms with Crippen molar-refractivity contribution in [2.24, 2.45) is 0 Å². The summed E-state index contributed by atoms with van der Waals surface area (Å²) in [4.78, 5) is 2.46. The standard InChI is InChI=1S/C19H26N2O2S/c1-5-6-13-21(4)18-10-8-17(9-11-18)20-24(22,23)19-12-7-15(2)16(3)14-19/h7-12,14,20H,5-6,13H2,1-4H3. The first-order valence-corrected chi connectivity index (χ1v) is 9.73. The number of nitrogens with one attached hydrogen (secondary N) is 1. The summed E-state index contributed by atoms with van der Waals surface area (Å²) in [5, 5.41) is 0. The van der Waals surface area contributed by atoms with Gasteiger partial charge < -0.3 is 4.90 Å². The van der Waals surface area contributed by atoms with E-state index in [9.17, 15) is 8.42 Å². The third-order valence-electron chi connectivity index (χ3n) is 4.20. The summed E-state index contributed by atoms with van der Waals surface area (Å²) in [6, 6.07) is 12.6. The molecule has 2 aromatic rings. The van der Waals surface area contributed by atoms with E-state index in [2.05, 4.69) is 16.5 Å². The molecule has 0 aliphatic heterocycles. The number of anilines is 2. The van der Waals surface area contributed by atoms with Crippen LogP contribution in [0.15, 0.2) is 47.4 Å². The van der Waals surface area contributed by atoms with Crippen LogP contribution in [-0.4, -0.2) is 22.0 Å². The number of sulfonamides is 1. The Hall–Kier alpha value is -2.01. The Morgan fingerprint density at radius 1 is 1.00 bits per heavy atom. The van der Waals surface area contributed by atoms with Crippen LogP contribution in [0.5, 0.6) is 0 Å². The summed E-state index contributed by atoms with van der Waals surface area (Å²) in [5.41, 5.74) is 3.69. The van der Waals surface area contributed by atoms with Crippen LogP contribution < -0.4 is 9.62 Å². The number of rotatable bonds is 7. The first-order valence-electron chi connectivity index (χ1n) is 8.25. The predicted octanol–water partition coefficient (Wildman–Crippen LogP) is 4.34. The fraction of sp³-hybridized carbons (Fsp3) is 0.368. The van der Waals surface area contributed by atoms with Gasteiger partial charge in [0.15, 0.2) is 0 Å². The Balaban J connectivity index is 2.13. The quantitative estimate of drug-likeness (QED) is 0.811. The van der Waals surface area contributed by atoms with E-state index in [-0.39, 0.29) is 4.90 Å². The van der Waals surface area contributed by atoms with Gasteiger partial charge in [-0.2, -0.15) is 0 Å². The van der Waals surface area contributed by atoms with Gasteiger partial charge in [-0.25, -0.2) is 8.42 Å². The molecular formula is C19H26N2O2S. The van der Waals surface area contributed by atoms with Crippen molar-refractivity contribution in [2.45, 2.75) is 38.5 Å². The van der Waals surface area contributed by atoms with Gasteiger partial charge in [-0.3, -0.25) is 4.72 Å². The molecule has 5 heteroatoms. The van der Waals surface area contributed by atoms with Gasteiger partial charge >= 0.3 is 0 Å². The second-order valence-electron chi connectivity index (χ2n) is 6.17. The van der Waals surface area contributed by atoms with Gasteiger partial charge in [0, 0.05) is 25.0 Å². The molecule has 0 heterocycles. The molecule has 2 rings (SSSR count). The van der Waals surface area contributed by atoms with E-state index in [1.807, 2.05) is 39.1 Å². The average molecular weight is 346 g/mol. The maximum absolute atomic E-state index is 12.5. The minimum absolute atomic E-state index is 0.287. The molecule has 0 saturated carbocycles. The number of hydrogen-bond acceptors (Lipinski definition) is 3. The second kappa shape index (κ2) is 7.71. The van der Waals surface area contributed by atoms with Gasteiger partial charge in [-0.05, 0) is 67.8 Å². The molecule has 0 atom stereocenters. The van der Waals surface area contributed by atoms with Crippen molar-refractivity contribution in [1.29, 1.82) is 0 Å². The summed E-state index contributed by atoms with van der Waals surface area (Å²) in [6.45, 7) is 7.03. The van der Waals surface area contributed by atoms with E-state index in [0.717, 1.165) is 36.2 Å². The lowest BCUT2D eigenvalue weighted by atomic mass is 10.1. The Morgan fingerprint density at radius 3 is 2.25 bits per heavy atom. The molecule has 0 aliphatic carbocycles. The highest BCUT2D eigenvalue weighted by atomic mass is 32.2. The number of unbranched alkanes of at least 4 members (excludes halogenated alkanes) is 1. The van der Waals surface area contributed by atoms with Gasteiger partial charge in [0.05, 0.1) is 4.90 Å². The van der Waals surface area contributed by atoms with Crippen LogP contribution in [0.25, 0.3) is 0 Å². The van der Waals surface area contributed by atoms with Gasteiger partial charge in [0.1, 0.15) is 0 Å². The molecule has 0 bridgehead atoms. The topological polar surface area (TPSA) is 49.4 Å².